The Hall–Kier alpha value is -1.91. The average molecular weight is 374 g/mol. The molecule has 0 aliphatic heterocycles. The summed E-state index contributed by atoms with van der Waals surface area (Å²) in [6.45, 7) is 4.69. The van der Waals surface area contributed by atoms with E-state index in [9.17, 15) is 14.0 Å². The summed E-state index contributed by atoms with van der Waals surface area (Å²) >= 11 is 0. The molecule has 1 aromatic rings. The van der Waals surface area contributed by atoms with Crippen LogP contribution in [0.2, 0.25) is 0 Å². The number of hydrogen-bond donors (Lipinski definition) is 0. The van der Waals surface area contributed by atoms with Crippen LogP contribution in [0.1, 0.15) is 74.2 Å². The fraction of sp³-hybridized carbons (Fsp3) is 0.636. The molecule has 0 heterocycles. The van der Waals surface area contributed by atoms with Gasteiger partial charge in [-0.25, -0.2) is 9.18 Å². The normalized spacial score (nSPS) is 26.7. The largest absolute Gasteiger partial charge is 0.493 e. The minimum absolute atomic E-state index is 0.00405. The van der Waals surface area contributed by atoms with Crippen LogP contribution in [0.15, 0.2) is 12.1 Å². The third-order valence-corrected chi connectivity index (χ3v) is 6.13. The summed E-state index contributed by atoms with van der Waals surface area (Å²) in [5.41, 5.74) is 1.00. The van der Waals surface area contributed by atoms with Crippen LogP contribution in [-0.4, -0.2) is 25.0 Å². The zero-order valence-electron chi connectivity index (χ0n) is 16.1. The number of rotatable bonds is 7. The molecule has 0 saturated heterocycles. The van der Waals surface area contributed by atoms with Crippen LogP contribution in [0.3, 0.4) is 0 Å². The second-order valence-electron chi connectivity index (χ2n) is 8.93. The lowest BCUT2D eigenvalue weighted by Crippen LogP contribution is -2.23. The van der Waals surface area contributed by atoms with Crippen molar-refractivity contribution in [3.05, 3.63) is 29.1 Å². The van der Waals surface area contributed by atoms with Crippen LogP contribution < -0.4 is 4.74 Å². The predicted molar refractivity (Wildman–Crippen MR) is 98.4 cm³/mol. The zero-order chi connectivity index (χ0) is 19.2. The van der Waals surface area contributed by atoms with Gasteiger partial charge in [-0.05, 0) is 55.1 Å². The van der Waals surface area contributed by atoms with Crippen molar-refractivity contribution in [3.8, 4) is 5.75 Å². The standard InChI is InChI=1S/C22H27FO4/c1-13(2)11-26-21(25)18-8-17(14-3-4-14)20(9-19(18)23)27-12-22-6-5-16(24)7-15(22)10-22/h8-9,13-15H,3-7,10-12H2,1-2H3. The van der Waals surface area contributed by atoms with Crippen LogP contribution in [0, 0.1) is 23.1 Å². The molecule has 4 nitrogen and oxygen atoms in total. The SMILES string of the molecule is CC(C)COC(=O)c1cc(C2CC2)c(OCC23CCC(=O)CC2C3)cc1F. The summed E-state index contributed by atoms with van der Waals surface area (Å²) in [5.74, 6) is 0.661. The van der Waals surface area contributed by atoms with Crippen molar-refractivity contribution in [2.45, 2.75) is 58.3 Å². The minimum atomic E-state index is -0.610. The summed E-state index contributed by atoms with van der Waals surface area (Å²) < 4.78 is 25.9. The summed E-state index contributed by atoms with van der Waals surface area (Å²) in [7, 11) is 0. The molecule has 0 bridgehead atoms. The highest BCUT2D eigenvalue weighted by Crippen LogP contribution is 2.60. The molecule has 0 N–H and O–H groups in total. The molecule has 0 spiro atoms. The van der Waals surface area contributed by atoms with Crippen LogP contribution in [0.25, 0.3) is 0 Å². The van der Waals surface area contributed by atoms with Gasteiger partial charge in [0.15, 0.2) is 0 Å². The maximum absolute atomic E-state index is 14.6. The number of benzene rings is 1. The lowest BCUT2D eigenvalue weighted by Gasteiger charge is -2.23. The molecule has 0 amide bonds. The number of fused-ring (bicyclic) bond motifs is 1. The Morgan fingerprint density at radius 2 is 2.11 bits per heavy atom. The lowest BCUT2D eigenvalue weighted by molar-refractivity contribution is -0.121. The van der Waals surface area contributed by atoms with Crippen molar-refractivity contribution in [3.63, 3.8) is 0 Å². The molecule has 3 aliphatic carbocycles. The monoisotopic (exact) mass is 374 g/mol. The lowest BCUT2D eigenvalue weighted by atomic mass is 9.88. The minimum Gasteiger partial charge on any atom is -0.493 e. The average Bonchev–Trinajstić information content (AvgIpc) is 3.52. The number of carbonyl (C=O) groups is 2. The highest BCUT2D eigenvalue weighted by Gasteiger charge is 2.57. The molecule has 0 radical (unpaired) electrons. The Bertz CT molecular complexity index is 768. The van der Waals surface area contributed by atoms with Gasteiger partial charge in [0, 0.05) is 24.3 Å². The van der Waals surface area contributed by atoms with Gasteiger partial charge in [-0.1, -0.05) is 13.8 Å². The molecule has 5 heteroatoms. The van der Waals surface area contributed by atoms with Crippen molar-refractivity contribution in [2.75, 3.05) is 13.2 Å². The molecule has 2 unspecified atom stereocenters. The van der Waals surface area contributed by atoms with E-state index in [1.165, 1.54) is 6.07 Å². The summed E-state index contributed by atoms with van der Waals surface area (Å²) in [6, 6.07) is 2.97. The number of ether oxygens (including phenoxy) is 2. The van der Waals surface area contributed by atoms with Gasteiger partial charge < -0.3 is 9.47 Å². The molecule has 0 aromatic heterocycles. The van der Waals surface area contributed by atoms with Crippen LogP contribution >= 0.6 is 0 Å². The molecule has 3 aliphatic rings. The number of carbonyl (C=O) groups excluding carboxylic acids is 2. The molecule has 1 aromatic carbocycles. The van der Waals surface area contributed by atoms with E-state index in [-0.39, 0.29) is 23.5 Å². The third-order valence-electron chi connectivity index (χ3n) is 6.13. The Morgan fingerprint density at radius 3 is 2.78 bits per heavy atom. The fourth-order valence-corrected chi connectivity index (χ4v) is 4.15. The summed E-state index contributed by atoms with van der Waals surface area (Å²) in [6.07, 6.45) is 5.25. The molecule has 4 rings (SSSR count). The first-order valence-corrected chi connectivity index (χ1v) is 10.0. The van der Waals surface area contributed by atoms with Crippen molar-refractivity contribution >= 4 is 11.8 Å². The molecular weight excluding hydrogens is 347 g/mol. The molecule has 3 fully saturated rings. The Kier molecular flexibility index (Phi) is 4.73. The highest BCUT2D eigenvalue weighted by molar-refractivity contribution is 5.90. The van der Waals surface area contributed by atoms with Crippen LogP contribution in [0.5, 0.6) is 5.75 Å². The van der Waals surface area contributed by atoms with Crippen LogP contribution in [-0.2, 0) is 9.53 Å². The van der Waals surface area contributed by atoms with Crippen molar-refractivity contribution < 1.29 is 23.5 Å². The van der Waals surface area contributed by atoms with E-state index in [0.29, 0.717) is 42.8 Å². The Morgan fingerprint density at radius 1 is 1.33 bits per heavy atom. The quantitative estimate of drug-likeness (QED) is 0.652. The fourth-order valence-electron chi connectivity index (χ4n) is 4.15. The van der Waals surface area contributed by atoms with E-state index in [1.54, 1.807) is 6.07 Å². The van der Waals surface area contributed by atoms with Gasteiger partial charge in [-0.15, -0.1) is 0 Å². The zero-order valence-corrected chi connectivity index (χ0v) is 16.1. The van der Waals surface area contributed by atoms with E-state index in [1.807, 2.05) is 13.8 Å². The summed E-state index contributed by atoms with van der Waals surface area (Å²) in [4.78, 5) is 23.8. The molecular formula is C22H27FO4. The van der Waals surface area contributed by atoms with Crippen LogP contribution in [0.4, 0.5) is 4.39 Å². The van der Waals surface area contributed by atoms with Gasteiger partial charge in [0.05, 0.1) is 18.8 Å². The Labute approximate surface area is 159 Å². The number of esters is 1. The summed E-state index contributed by atoms with van der Waals surface area (Å²) in [5, 5.41) is 0. The number of ketones is 1. The molecule has 27 heavy (non-hydrogen) atoms. The maximum Gasteiger partial charge on any atom is 0.341 e. The topological polar surface area (TPSA) is 52.6 Å². The molecule has 3 saturated carbocycles. The third kappa shape index (κ3) is 3.87. The molecule has 2 atom stereocenters. The van der Waals surface area contributed by atoms with E-state index >= 15 is 0 Å². The smallest absolute Gasteiger partial charge is 0.341 e. The number of Topliss-reactive ketones (excluding diaryl/α,β-unsaturated/α-hetero) is 1. The first-order valence-electron chi connectivity index (χ1n) is 10.0. The number of hydrogen-bond acceptors (Lipinski definition) is 4. The van der Waals surface area contributed by atoms with Gasteiger partial charge >= 0.3 is 5.97 Å². The highest BCUT2D eigenvalue weighted by atomic mass is 19.1. The predicted octanol–water partition coefficient (Wildman–Crippen LogP) is 4.65. The van der Waals surface area contributed by atoms with E-state index < -0.39 is 11.8 Å². The van der Waals surface area contributed by atoms with Gasteiger partial charge in [0.2, 0.25) is 0 Å². The first kappa shape index (κ1) is 18.5. The maximum atomic E-state index is 14.6. The van der Waals surface area contributed by atoms with Gasteiger partial charge in [0.25, 0.3) is 0 Å². The van der Waals surface area contributed by atoms with E-state index in [2.05, 4.69) is 0 Å². The van der Waals surface area contributed by atoms with Gasteiger partial charge in [-0.2, -0.15) is 0 Å². The Balaban J connectivity index is 1.49. The van der Waals surface area contributed by atoms with E-state index in [4.69, 9.17) is 9.47 Å². The van der Waals surface area contributed by atoms with Crippen molar-refractivity contribution in [2.24, 2.45) is 17.3 Å². The van der Waals surface area contributed by atoms with Crippen molar-refractivity contribution in [1.82, 2.24) is 0 Å². The van der Waals surface area contributed by atoms with Gasteiger partial charge in [0.1, 0.15) is 17.3 Å². The van der Waals surface area contributed by atoms with Crippen molar-refractivity contribution in [1.29, 1.82) is 0 Å². The number of halogens is 1. The molecule has 146 valence electrons. The first-order chi connectivity index (χ1) is 12.9. The van der Waals surface area contributed by atoms with Gasteiger partial charge in [-0.3, -0.25) is 4.79 Å². The second kappa shape index (κ2) is 6.92. The second-order valence-corrected chi connectivity index (χ2v) is 8.93. The van der Waals surface area contributed by atoms with E-state index in [0.717, 1.165) is 31.2 Å².